The lowest BCUT2D eigenvalue weighted by atomic mass is 9.80. The minimum absolute atomic E-state index is 0.0144. The molecule has 0 saturated carbocycles. The molecule has 11 heteroatoms. The number of carbonyl (C=O) groups is 3. The summed E-state index contributed by atoms with van der Waals surface area (Å²) in [6, 6.07) is 29.0. The Morgan fingerprint density at radius 1 is 0.705 bits per heavy atom. The monoisotopic (exact) mass is 609 g/mol. The molecule has 0 bridgehead atoms. The molecule has 3 rings (SSSR count). The van der Waals surface area contributed by atoms with E-state index in [2.05, 4.69) is 5.32 Å². The minimum atomic E-state index is -1.79. The molecule has 2 N–H and O–H groups in total. The standard InChI is InChI=1S/C33H39NO10/c1-39-32(40-2,25-43-31(38)34-21-12-22-41-23-24-42-30(37)20-19-29(35)36)44-33(26-13-6-3-7-14-26,27-15-8-4-9-16-27)28-17-10-5-11-18-28/h3-11,13-18H,12,19-25H2,1-2H3,(H,34,38)(H,35,36). The number of carboxylic acids is 1. The van der Waals surface area contributed by atoms with Crippen molar-refractivity contribution in [2.45, 2.75) is 30.8 Å². The maximum absolute atomic E-state index is 12.6. The molecular weight excluding hydrogens is 570 g/mol. The Morgan fingerprint density at radius 2 is 1.23 bits per heavy atom. The number of hydrogen-bond acceptors (Lipinski definition) is 9. The van der Waals surface area contributed by atoms with Crippen molar-refractivity contribution in [2.75, 3.05) is 47.2 Å². The highest BCUT2D eigenvalue weighted by molar-refractivity contribution is 5.76. The van der Waals surface area contributed by atoms with Crippen molar-refractivity contribution in [1.82, 2.24) is 5.32 Å². The van der Waals surface area contributed by atoms with Crippen LogP contribution in [0.25, 0.3) is 0 Å². The molecule has 0 saturated heterocycles. The van der Waals surface area contributed by atoms with Crippen LogP contribution in [-0.4, -0.2) is 76.3 Å². The van der Waals surface area contributed by atoms with E-state index in [1.807, 2.05) is 91.0 Å². The van der Waals surface area contributed by atoms with Crippen LogP contribution in [0, 0.1) is 0 Å². The predicted molar refractivity (Wildman–Crippen MR) is 160 cm³/mol. The maximum atomic E-state index is 12.6. The molecule has 3 aromatic rings. The van der Waals surface area contributed by atoms with Crippen LogP contribution < -0.4 is 5.32 Å². The molecule has 0 unspecified atom stereocenters. The number of alkyl carbamates (subject to hydrolysis) is 1. The Bertz CT molecular complexity index is 1190. The van der Waals surface area contributed by atoms with Crippen LogP contribution in [0.3, 0.4) is 0 Å². The van der Waals surface area contributed by atoms with E-state index in [0.717, 1.165) is 16.7 Å². The first-order valence-corrected chi connectivity index (χ1v) is 14.2. The van der Waals surface area contributed by atoms with Gasteiger partial charge < -0.3 is 38.8 Å². The van der Waals surface area contributed by atoms with E-state index in [1.165, 1.54) is 14.2 Å². The number of amides is 1. The molecule has 3 aromatic carbocycles. The summed E-state index contributed by atoms with van der Waals surface area (Å²) in [5.41, 5.74) is 1.25. The second-order valence-electron chi connectivity index (χ2n) is 9.56. The van der Waals surface area contributed by atoms with Gasteiger partial charge in [-0.05, 0) is 23.1 Å². The lowest BCUT2D eigenvalue weighted by Crippen LogP contribution is -2.51. The highest BCUT2D eigenvalue weighted by Crippen LogP contribution is 2.43. The summed E-state index contributed by atoms with van der Waals surface area (Å²) in [4.78, 5) is 34.4. The molecule has 236 valence electrons. The van der Waals surface area contributed by atoms with Crippen LogP contribution in [-0.2, 0) is 43.6 Å². The highest BCUT2D eigenvalue weighted by atomic mass is 16.9. The van der Waals surface area contributed by atoms with E-state index in [-0.39, 0.29) is 39.2 Å². The van der Waals surface area contributed by atoms with Crippen molar-refractivity contribution >= 4 is 18.0 Å². The molecule has 0 atom stereocenters. The second kappa shape index (κ2) is 17.7. The number of methoxy groups -OCH3 is 2. The molecule has 44 heavy (non-hydrogen) atoms. The highest BCUT2D eigenvalue weighted by Gasteiger charge is 2.47. The van der Waals surface area contributed by atoms with Crippen molar-refractivity contribution in [2.24, 2.45) is 0 Å². The molecule has 0 aromatic heterocycles. The Hall–Kier alpha value is -4.29. The fourth-order valence-corrected chi connectivity index (χ4v) is 4.41. The Balaban J connectivity index is 1.61. The number of benzene rings is 3. The first-order valence-electron chi connectivity index (χ1n) is 14.2. The third-order valence-electron chi connectivity index (χ3n) is 6.62. The topological polar surface area (TPSA) is 139 Å². The van der Waals surface area contributed by atoms with Gasteiger partial charge in [0.25, 0.3) is 0 Å². The summed E-state index contributed by atoms with van der Waals surface area (Å²) in [7, 11) is 2.83. The van der Waals surface area contributed by atoms with Crippen molar-refractivity contribution < 1.29 is 47.9 Å². The van der Waals surface area contributed by atoms with E-state index >= 15 is 0 Å². The van der Waals surface area contributed by atoms with Crippen LogP contribution >= 0.6 is 0 Å². The van der Waals surface area contributed by atoms with E-state index in [4.69, 9.17) is 33.5 Å². The van der Waals surface area contributed by atoms with E-state index in [1.54, 1.807) is 0 Å². The number of carboxylic acid groups (broad SMARTS) is 1. The molecule has 0 fully saturated rings. The first kappa shape index (κ1) is 34.2. The van der Waals surface area contributed by atoms with Crippen LogP contribution in [0.1, 0.15) is 36.0 Å². The molecule has 11 nitrogen and oxygen atoms in total. The zero-order valence-electron chi connectivity index (χ0n) is 24.9. The van der Waals surface area contributed by atoms with Gasteiger partial charge in [0, 0.05) is 27.4 Å². The third kappa shape index (κ3) is 9.88. The molecule has 1 amide bonds. The van der Waals surface area contributed by atoms with Gasteiger partial charge in [-0.1, -0.05) is 91.0 Å². The smallest absolute Gasteiger partial charge is 0.407 e. The largest absolute Gasteiger partial charge is 0.481 e. The molecule has 0 radical (unpaired) electrons. The van der Waals surface area contributed by atoms with Gasteiger partial charge in [0.2, 0.25) is 0 Å². The van der Waals surface area contributed by atoms with Crippen molar-refractivity contribution in [3.05, 3.63) is 108 Å². The number of aliphatic carboxylic acids is 1. The van der Waals surface area contributed by atoms with Crippen molar-refractivity contribution in [1.29, 1.82) is 0 Å². The van der Waals surface area contributed by atoms with Crippen molar-refractivity contribution in [3.63, 3.8) is 0 Å². The lowest BCUT2D eigenvalue weighted by Gasteiger charge is -2.42. The summed E-state index contributed by atoms with van der Waals surface area (Å²) in [6.07, 6.45) is -0.704. The number of carbonyl (C=O) groups excluding carboxylic acids is 2. The molecule has 0 aliphatic carbocycles. The SMILES string of the molecule is COC(COC(=O)NCCCOCCOC(=O)CCC(=O)O)(OC)OC(c1ccccc1)(c1ccccc1)c1ccccc1. The second-order valence-corrected chi connectivity index (χ2v) is 9.56. The van der Waals surface area contributed by atoms with E-state index in [9.17, 15) is 14.4 Å². The summed E-state index contributed by atoms with van der Waals surface area (Å²) < 4.78 is 34.1. The Kier molecular flexibility index (Phi) is 13.8. The quantitative estimate of drug-likeness (QED) is 0.0866. The molecule has 0 aliphatic rings. The van der Waals surface area contributed by atoms with E-state index < -0.39 is 29.6 Å². The van der Waals surface area contributed by atoms with Crippen molar-refractivity contribution in [3.8, 4) is 0 Å². The van der Waals surface area contributed by atoms with Gasteiger partial charge in [0.15, 0.2) is 6.61 Å². The fourth-order valence-electron chi connectivity index (χ4n) is 4.41. The Labute approximate surface area is 257 Å². The minimum Gasteiger partial charge on any atom is -0.481 e. The van der Waals surface area contributed by atoms with E-state index in [0.29, 0.717) is 13.0 Å². The summed E-state index contributed by atoms with van der Waals surface area (Å²) in [6.45, 7) is 0.331. The predicted octanol–water partition coefficient (Wildman–Crippen LogP) is 4.48. The average Bonchev–Trinajstić information content (AvgIpc) is 3.06. The summed E-state index contributed by atoms with van der Waals surface area (Å²) in [5, 5.41) is 11.2. The van der Waals surface area contributed by atoms with Gasteiger partial charge in [-0.15, -0.1) is 0 Å². The molecule has 0 spiro atoms. The first-order chi connectivity index (χ1) is 21.3. The molecule has 0 heterocycles. The van der Waals surface area contributed by atoms with Crippen LogP contribution in [0.2, 0.25) is 0 Å². The summed E-state index contributed by atoms with van der Waals surface area (Å²) >= 11 is 0. The van der Waals surface area contributed by atoms with Gasteiger partial charge in [0.05, 0.1) is 19.4 Å². The van der Waals surface area contributed by atoms with Gasteiger partial charge in [-0.3, -0.25) is 9.59 Å². The van der Waals surface area contributed by atoms with Gasteiger partial charge in [0.1, 0.15) is 12.2 Å². The van der Waals surface area contributed by atoms with Gasteiger partial charge >= 0.3 is 24.0 Å². The average molecular weight is 610 g/mol. The van der Waals surface area contributed by atoms with Gasteiger partial charge in [-0.2, -0.15) is 0 Å². The molecule has 0 aliphatic heterocycles. The van der Waals surface area contributed by atoms with Crippen LogP contribution in [0.5, 0.6) is 0 Å². The summed E-state index contributed by atoms with van der Waals surface area (Å²) in [5.74, 6) is -3.45. The number of ether oxygens (including phenoxy) is 6. The van der Waals surface area contributed by atoms with Gasteiger partial charge in [-0.25, -0.2) is 4.79 Å². The lowest BCUT2D eigenvalue weighted by molar-refractivity contribution is -0.397. The normalized spacial score (nSPS) is 11.5. The number of esters is 1. The van der Waals surface area contributed by atoms with Crippen LogP contribution in [0.15, 0.2) is 91.0 Å². The zero-order chi connectivity index (χ0) is 31.7. The third-order valence-corrected chi connectivity index (χ3v) is 6.62. The number of rotatable bonds is 19. The fraction of sp³-hybridized carbons (Fsp3) is 0.364. The maximum Gasteiger partial charge on any atom is 0.407 e. The Morgan fingerprint density at radius 3 is 1.70 bits per heavy atom. The number of hydrogen-bond donors (Lipinski definition) is 2. The zero-order valence-corrected chi connectivity index (χ0v) is 24.9. The molecular formula is C33H39NO10. The van der Waals surface area contributed by atoms with Crippen LogP contribution in [0.4, 0.5) is 4.79 Å². The number of nitrogens with one attached hydrogen (secondary N) is 1.